The Kier molecular flexibility index (Phi) is 8.32. The molecule has 0 spiro atoms. The summed E-state index contributed by atoms with van der Waals surface area (Å²) in [5.41, 5.74) is 0. The van der Waals surface area contributed by atoms with Crippen LogP contribution in [-0.2, 0) is 4.79 Å². The molecule has 0 saturated carbocycles. The van der Waals surface area contributed by atoms with Gasteiger partial charge in [0, 0.05) is 12.1 Å². The summed E-state index contributed by atoms with van der Waals surface area (Å²) in [4.78, 5) is 13.6. The molecule has 1 rings (SSSR count). The Bertz CT molecular complexity index is 230. The van der Waals surface area contributed by atoms with Gasteiger partial charge in [0.1, 0.15) is 5.88 Å². The maximum atomic E-state index is 11.6. The van der Waals surface area contributed by atoms with E-state index in [9.17, 15) is 4.79 Å². The van der Waals surface area contributed by atoms with Gasteiger partial charge in [0.25, 0.3) is 0 Å². The minimum Gasteiger partial charge on any atom is -0.336 e. The van der Waals surface area contributed by atoms with Crippen molar-refractivity contribution in [3.63, 3.8) is 0 Å². The van der Waals surface area contributed by atoms with Crippen LogP contribution in [0.25, 0.3) is 0 Å². The van der Waals surface area contributed by atoms with Crippen LogP contribution in [0.1, 0.15) is 47.0 Å². The van der Waals surface area contributed by atoms with Crippen LogP contribution in [-0.4, -0.2) is 28.8 Å². The SMILES string of the molecule is C=CCC1CC(C)N(C(=O)CCl)C(C)C1.CC. The molecule has 2 atom stereocenters. The Labute approximate surface area is 111 Å². The van der Waals surface area contributed by atoms with Crippen molar-refractivity contribution in [1.82, 2.24) is 4.90 Å². The molecule has 0 aliphatic carbocycles. The zero-order chi connectivity index (χ0) is 13.4. The number of amides is 1. The second kappa shape index (κ2) is 8.57. The number of carbonyl (C=O) groups is 1. The van der Waals surface area contributed by atoms with Crippen molar-refractivity contribution in [2.45, 2.75) is 59.0 Å². The van der Waals surface area contributed by atoms with Crippen molar-refractivity contribution in [1.29, 1.82) is 0 Å². The van der Waals surface area contributed by atoms with E-state index < -0.39 is 0 Å². The van der Waals surface area contributed by atoms with E-state index >= 15 is 0 Å². The summed E-state index contributed by atoms with van der Waals surface area (Å²) < 4.78 is 0. The lowest BCUT2D eigenvalue weighted by molar-refractivity contribution is -0.135. The molecule has 0 radical (unpaired) electrons. The summed E-state index contributed by atoms with van der Waals surface area (Å²) in [6.07, 6.45) is 5.17. The minimum absolute atomic E-state index is 0.0636. The monoisotopic (exact) mass is 259 g/mol. The van der Waals surface area contributed by atoms with Gasteiger partial charge in [-0.1, -0.05) is 19.9 Å². The molecule has 2 unspecified atom stereocenters. The fourth-order valence-electron chi connectivity index (χ4n) is 2.71. The number of hydrogen-bond donors (Lipinski definition) is 0. The van der Waals surface area contributed by atoms with E-state index in [0.29, 0.717) is 18.0 Å². The number of nitrogens with zero attached hydrogens (tertiary/aromatic N) is 1. The Morgan fingerprint density at radius 2 is 1.82 bits per heavy atom. The highest BCUT2D eigenvalue weighted by Gasteiger charge is 2.32. The van der Waals surface area contributed by atoms with Crippen LogP contribution in [0.15, 0.2) is 12.7 Å². The van der Waals surface area contributed by atoms with Crippen LogP contribution >= 0.6 is 11.6 Å². The molecule has 17 heavy (non-hydrogen) atoms. The minimum atomic E-state index is 0.0636. The van der Waals surface area contributed by atoms with Gasteiger partial charge in [0.15, 0.2) is 0 Å². The number of likely N-dealkylation sites (tertiary alicyclic amines) is 1. The van der Waals surface area contributed by atoms with Gasteiger partial charge in [-0.05, 0) is 39.0 Å². The largest absolute Gasteiger partial charge is 0.336 e. The topological polar surface area (TPSA) is 20.3 Å². The zero-order valence-electron chi connectivity index (χ0n) is 11.6. The molecule has 0 bridgehead atoms. The highest BCUT2D eigenvalue weighted by molar-refractivity contribution is 6.27. The quantitative estimate of drug-likeness (QED) is 0.557. The highest BCUT2D eigenvalue weighted by atomic mass is 35.5. The van der Waals surface area contributed by atoms with E-state index in [1.54, 1.807) is 0 Å². The summed E-state index contributed by atoms with van der Waals surface area (Å²) in [7, 11) is 0. The molecule has 0 aromatic rings. The van der Waals surface area contributed by atoms with E-state index in [4.69, 9.17) is 11.6 Å². The Balaban J connectivity index is 0.00000121. The van der Waals surface area contributed by atoms with Crippen molar-refractivity contribution >= 4 is 17.5 Å². The normalized spacial score (nSPS) is 28.1. The van der Waals surface area contributed by atoms with Gasteiger partial charge < -0.3 is 4.90 Å². The van der Waals surface area contributed by atoms with Gasteiger partial charge in [-0.2, -0.15) is 0 Å². The number of alkyl halides is 1. The molecule has 0 aromatic heterocycles. The van der Waals surface area contributed by atoms with Crippen LogP contribution in [0.3, 0.4) is 0 Å². The van der Waals surface area contributed by atoms with Gasteiger partial charge in [-0.3, -0.25) is 4.79 Å². The fourth-order valence-corrected chi connectivity index (χ4v) is 2.85. The Morgan fingerprint density at radius 1 is 1.35 bits per heavy atom. The van der Waals surface area contributed by atoms with E-state index in [-0.39, 0.29) is 11.8 Å². The van der Waals surface area contributed by atoms with Gasteiger partial charge in [-0.25, -0.2) is 0 Å². The predicted octanol–water partition coefficient (Wildman–Crippen LogP) is 3.84. The second-order valence-corrected chi connectivity index (χ2v) is 4.76. The molecule has 2 nitrogen and oxygen atoms in total. The lowest BCUT2D eigenvalue weighted by atomic mass is 9.85. The van der Waals surface area contributed by atoms with Crippen LogP contribution in [0, 0.1) is 5.92 Å². The molecule has 100 valence electrons. The summed E-state index contributed by atoms with van der Waals surface area (Å²) in [5.74, 6) is 0.835. The molecule has 3 heteroatoms. The van der Waals surface area contributed by atoms with Crippen LogP contribution in [0.2, 0.25) is 0 Å². The van der Waals surface area contributed by atoms with E-state index in [0.717, 1.165) is 19.3 Å². The summed E-state index contributed by atoms with van der Waals surface area (Å²) in [6.45, 7) is 12.0. The molecule has 0 aromatic carbocycles. The van der Waals surface area contributed by atoms with E-state index in [1.165, 1.54) is 0 Å². The van der Waals surface area contributed by atoms with Gasteiger partial charge in [-0.15, -0.1) is 18.2 Å². The van der Waals surface area contributed by atoms with E-state index in [2.05, 4.69) is 20.4 Å². The molecule has 1 saturated heterocycles. The maximum absolute atomic E-state index is 11.6. The van der Waals surface area contributed by atoms with Gasteiger partial charge >= 0.3 is 0 Å². The number of piperidine rings is 1. The highest BCUT2D eigenvalue weighted by Crippen LogP contribution is 2.30. The predicted molar refractivity (Wildman–Crippen MR) is 75.4 cm³/mol. The zero-order valence-corrected chi connectivity index (χ0v) is 12.3. The van der Waals surface area contributed by atoms with Crippen molar-refractivity contribution in [3.05, 3.63) is 12.7 Å². The first-order valence-corrected chi connectivity index (χ1v) is 7.11. The van der Waals surface area contributed by atoms with Crippen LogP contribution < -0.4 is 0 Å². The third-order valence-corrected chi connectivity index (χ3v) is 3.43. The Morgan fingerprint density at radius 3 is 2.18 bits per heavy atom. The number of hydrogen-bond acceptors (Lipinski definition) is 1. The molecule has 1 fully saturated rings. The molecule has 1 aliphatic rings. The summed E-state index contributed by atoms with van der Waals surface area (Å²) in [5, 5.41) is 0. The Hall–Kier alpha value is -0.500. The summed E-state index contributed by atoms with van der Waals surface area (Å²) in [6, 6.07) is 0.620. The second-order valence-electron chi connectivity index (χ2n) is 4.49. The number of allylic oxidation sites excluding steroid dienone is 1. The van der Waals surface area contributed by atoms with Gasteiger partial charge in [0.05, 0.1) is 0 Å². The smallest absolute Gasteiger partial charge is 0.237 e. The standard InChI is InChI=1S/C12H20ClNO.C2H6/c1-4-5-11-6-9(2)14(10(3)7-11)12(15)8-13;1-2/h4,9-11H,1,5-8H2,2-3H3;1-2H3. The lowest BCUT2D eigenvalue weighted by Crippen LogP contribution is -2.50. The van der Waals surface area contributed by atoms with Crippen molar-refractivity contribution in [3.8, 4) is 0 Å². The average molecular weight is 260 g/mol. The molecular formula is C14H26ClNO. The number of halogens is 1. The molecular weight excluding hydrogens is 234 g/mol. The summed E-state index contributed by atoms with van der Waals surface area (Å²) >= 11 is 5.61. The average Bonchev–Trinajstić information content (AvgIpc) is 2.31. The van der Waals surface area contributed by atoms with Crippen molar-refractivity contribution in [2.24, 2.45) is 5.92 Å². The molecule has 1 heterocycles. The van der Waals surface area contributed by atoms with E-state index in [1.807, 2.05) is 24.8 Å². The van der Waals surface area contributed by atoms with Crippen molar-refractivity contribution in [2.75, 3.05) is 5.88 Å². The third-order valence-electron chi connectivity index (χ3n) is 3.20. The van der Waals surface area contributed by atoms with Crippen LogP contribution in [0.5, 0.6) is 0 Å². The number of rotatable bonds is 3. The van der Waals surface area contributed by atoms with Gasteiger partial charge in [0.2, 0.25) is 5.91 Å². The van der Waals surface area contributed by atoms with Crippen LogP contribution in [0.4, 0.5) is 0 Å². The first-order valence-electron chi connectivity index (χ1n) is 6.58. The molecule has 1 amide bonds. The third kappa shape index (κ3) is 4.71. The first-order chi connectivity index (χ1) is 8.10. The first kappa shape index (κ1) is 16.5. The van der Waals surface area contributed by atoms with Crippen molar-refractivity contribution < 1.29 is 4.79 Å². The molecule has 1 aliphatic heterocycles. The molecule has 0 N–H and O–H groups in total. The fraction of sp³-hybridized carbons (Fsp3) is 0.786. The maximum Gasteiger partial charge on any atom is 0.237 e. The number of carbonyl (C=O) groups excluding carboxylic acids is 1. The lowest BCUT2D eigenvalue weighted by Gasteiger charge is -2.42.